The molecule has 0 aliphatic heterocycles. The maximum atomic E-state index is 13.9. The molecule has 1 aliphatic rings. The highest BCUT2D eigenvalue weighted by molar-refractivity contribution is 7.89. The van der Waals surface area contributed by atoms with Crippen LogP contribution in [0.3, 0.4) is 0 Å². The number of halogens is 2. The number of aryl methyl sites for hydroxylation is 1. The van der Waals surface area contributed by atoms with Gasteiger partial charge in [0.15, 0.2) is 4.90 Å². The lowest BCUT2D eigenvalue weighted by atomic mass is 9.92. The smallest absolute Gasteiger partial charge is 0.306 e. The molecule has 0 fully saturated rings. The van der Waals surface area contributed by atoms with Crippen LogP contribution in [0.5, 0.6) is 0 Å². The Morgan fingerprint density at radius 3 is 2.68 bits per heavy atom. The van der Waals surface area contributed by atoms with Gasteiger partial charge in [-0.25, -0.2) is 21.9 Å². The van der Waals surface area contributed by atoms with E-state index in [0.29, 0.717) is 6.42 Å². The zero-order chi connectivity index (χ0) is 16.5. The molecular weight excluding hydrogens is 316 g/mol. The summed E-state index contributed by atoms with van der Waals surface area (Å²) in [6.45, 7) is 1.33. The molecule has 0 heterocycles. The van der Waals surface area contributed by atoms with E-state index in [9.17, 15) is 22.0 Å². The lowest BCUT2D eigenvalue weighted by Gasteiger charge is -2.23. The summed E-state index contributed by atoms with van der Waals surface area (Å²) in [6.07, 6.45) is 3.35. The van der Waals surface area contributed by atoms with Gasteiger partial charge in [0.05, 0.1) is 5.92 Å². The Morgan fingerprint density at radius 1 is 1.36 bits per heavy atom. The second-order valence-corrected chi connectivity index (χ2v) is 6.82. The van der Waals surface area contributed by atoms with E-state index in [1.807, 2.05) is 0 Å². The molecule has 120 valence electrons. The van der Waals surface area contributed by atoms with Crippen molar-refractivity contribution in [3.05, 3.63) is 41.5 Å². The quantitative estimate of drug-likeness (QED) is 0.826. The molecule has 1 aromatic rings. The molecule has 22 heavy (non-hydrogen) atoms. The van der Waals surface area contributed by atoms with E-state index in [0.717, 1.165) is 12.1 Å². The van der Waals surface area contributed by atoms with Crippen LogP contribution >= 0.6 is 0 Å². The van der Waals surface area contributed by atoms with E-state index < -0.39 is 44.5 Å². The summed E-state index contributed by atoms with van der Waals surface area (Å²) in [6, 6.07) is 1.20. The third-order valence-electron chi connectivity index (χ3n) is 3.49. The molecule has 0 radical (unpaired) electrons. The minimum Gasteiger partial charge on any atom is -0.481 e. The van der Waals surface area contributed by atoms with Gasteiger partial charge in [0.1, 0.15) is 11.6 Å². The van der Waals surface area contributed by atoms with Crippen molar-refractivity contribution in [3.63, 3.8) is 0 Å². The Morgan fingerprint density at radius 2 is 2.05 bits per heavy atom. The zero-order valence-corrected chi connectivity index (χ0v) is 12.5. The molecule has 0 spiro atoms. The topological polar surface area (TPSA) is 83.5 Å². The van der Waals surface area contributed by atoms with E-state index in [2.05, 4.69) is 4.72 Å². The van der Waals surface area contributed by atoms with Crippen LogP contribution in [0, 0.1) is 24.5 Å². The van der Waals surface area contributed by atoms with Gasteiger partial charge >= 0.3 is 5.97 Å². The van der Waals surface area contributed by atoms with Crippen molar-refractivity contribution in [2.75, 3.05) is 0 Å². The third-order valence-corrected chi connectivity index (χ3v) is 5.02. The summed E-state index contributed by atoms with van der Waals surface area (Å²) in [4.78, 5) is 9.91. The van der Waals surface area contributed by atoms with Gasteiger partial charge in [0.25, 0.3) is 0 Å². The van der Waals surface area contributed by atoms with Crippen LogP contribution in [0.1, 0.15) is 18.4 Å². The van der Waals surface area contributed by atoms with Gasteiger partial charge in [0, 0.05) is 6.04 Å². The molecule has 0 bridgehead atoms. The predicted octanol–water partition coefficient (Wildman–Crippen LogP) is 1.97. The lowest BCUT2D eigenvalue weighted by molar-refractivity contribution is -0.142. The van der Waals surface area contributed by atoms with E-state index >= 15 is 0 Å². The summed E-state index contributed by atoms with van der Waals surface area (Å²) < 4.78 is 54.2. The molecule has 5 nitrogen and oxygen atoms in total. The fourth-order valence-electron chi connectivity index (χ4n) is 2.31. The number of carbonyl (C=O) groups is 1. The van der Waals surface area contributed by atoms with E-state index in [4.69, 9.17) is 5.11 Å². The fourth-order valence-corrected chi connectivity index (χ4v) is 3.73. The highest BCUT2D eigenvalue weighted by Gasteiger charge is 2.30. The van der Waals surface area contributed by atoms with Crippen LogP contribution in [0.2, 0.25) is 0 Å². The average Bonchev–Trinajstić information content (AvgIpc) is 2.43. The maximum Gasteiger partial charge on any atom is 0.306 e. The first-order chi connectivity index (χ1) is 10.2. The van der Waals surface area contributed by atoms with Crippen molar-refractivity contribution in [3.8, 4) is 0 Å². The first-order valence-electron chi connectivity index (χ1n) is 6.58. The van der Waals surface area contributed by atoms with Crippen LogP contribution in [-0.4, -0.2) is 25.5 Å². The molecule has 0 saturated heterocycles. The Balaban J connectivity index is 2.30. The zero-order valence-electron chi connectivity index (χ0n) is 11.7. The number of hydrogen-bond donors (Lipinski definition) is 2. The van der Waals surface area contributed by atoms with Gasteiger partial charge in [0.2, 0.25) is 10.0 Å². The number of carboxylic acids is 1. The number of benzene rings is 1. The highest BCUT2D eigenvalue weighted by atomic mass is 32.2. The largest absolute Gasteiger partial charge is 0.481 e. The van der Waals surface area contributed by atoms with Gasteiger partial charge in [-0.2, -0.15) is 0 Å². The first-order valence-corrected chi connectivity index (χ1v) is 8.07. The van der Waals surface area contributed by atoms with Gasteiger partial charge in [-0.05, 0) is 31.4 Å². The molecule has 1 aromatic carbocycles. The van der Waals surface area contributed by atoms with E-state index in [1.54, 1.807) is 6.08 Å². The van der Waals surface area contributed by atoms with Crippen LogP contribution in [0.4, 0.5) is 8.78 Å². The summed E-state index contributed by atoms with van der Waals surface area (Å²) in [5.74, 6) is -4.11. The van der Waals surface area contributed by atoms with Gasteiger partial charge in [-0.15, -0.1) is 0 Å². The molecule has 1 aliphatic carbocycles. The predicted molar refractivity (Wildman–Crippen MR) is 74.7 cm³/mol. The van der Waals surface area contributed by atoms with Crippen molar-refractivity contribution in [2.45, 2.75) is 30.7 Å². The van der Waals surface area contributed by atoms with Crippen LogP contribution < -0.4 is 4.72 Å². The molecule has 0 amide bonds. The molecule has 2 atom stereocenters. The monoisotopic (exact) mass is 331 g/mol. The Hall–Kier alpha value is -1.80. The van der Waals surface area contributed by atoms with E-state index in [-0.39, 0.29) is 12.0 Å². The maximum absolute atomic E-state index is 13.9. The van der Waals surface area contributed by atoms with Crippen LogP contribution in [0.25, 0.3) is 0 Å². The summed E-state index contributed by atoms with van der Waals surface area (Å²) >= 11 is 0. The van der Waals surface area contributed by atoms with Crippen LogP contribution in [0.15, 0.2) is 29.2 Å². The number of carboxylic acid groups (broad SMARTS) is 1. The number of nitrogens with one attached hydrogen (secondary N) is 1. The molecule has 0 saturated carbocycles. The van der Waals surface area contributed by atoms with Crippen molar-refractivity contribution in [2.24, 2.45) is 5.92 Å². The highest BCUT2D eigenvalue weighted by Crippen LogP contribution is 2.24. The molecule has 0 unspecified atom stereocenters. The summed E-state index contributed by atoms with van der Waals surface area (Å²) in [5.41, 5.74) is 0.00405. The Labute approximate surface area is 126 Å². The number of hydrogen-bond acceptors (Lipinski definition) is 3. The molecular formula is C14H15F2NO4S. The van der Waals surface area contributed by atoms with Crippen LogP contribution in [-0.2, 0) is 14.8 Å². The van der Waals surface area contributed by atoms with Gasteiger partial charge < -0.3 is 5.11 Å². The fraction of sp³-hybridized carbons (Fsp3) is 0.357. The van der Waals surface area contributed by atoms with Crippen molar-refractivity contribution < 1.29 is 27.1 Å². The minimum absolute atomic E-state index is 0.00405. The number of rotatable bonds is 4. The summed E-state index contributed by atoms with van der Waals surface area (Å²) in [5, 5.41) is 8.96. The van der Waals surface area contributed by atoms with Crippen molar-refractivity contribution >= 4 is 16.0 Å². The molecule has 2 rings (SSSR count). The van der Waals surface area contributed by atoms with Crippen molar-refractivity contribution in [1.29, 1.82) is 0 Å². The molecule has 8 heteroatoms. The standard InChI is InChI=1S/C14H15F2NO4S/c1-8-5-6-11(15)13(12(8)16)22(20,21)17-10-4-2-3-9(7-10)14(18)19/h2,4-6,9-10,17H,3,7H2,1H3,(H,18,19)/t9-,10-/m0/s1. The minimum atomic E-state index is -4.44. The molecule has 0 aromatic heterocycles. The van der Waals surface area contributed by atoms with Gasteiger partial charge in [-0.3, -0.25) is 4.79 Å². The number of aliphatic carboxylic acids is 1. The Kier molecular flexibility index (Phi) is 4.62. The Bertz CT molecular complexity index is 731. The SMILES string of the molecule is Cc1ccc(F)c(S(=O)(=O)N[C@H]2C=CC[C@H](C(=O)O)C2)c1F. The van der Waals surface area contributed by atoms with Crippen molar-refractivity contribution in [1.82, 2.24) is 4.72 Å². The number of sulfonamides is 1. The summed E-state index contributed by atoms with van der Waals surface area (Å²) in [7, 11) is -4.44. The average molecular weight is 331 g/mol. The molecule has 2 N–H and O–H groups in total. The lowest BCUT2D eigenvalue weighted by Crippen LogP contribution is -2.38. The second kappa shape index (κ2) is 6.13. The third kappa shape index (κ3) is 3.33. The van der Waals surface area contributed by atoms with E-state index in [1.165, 1.54) is 13.0 Å². The second-order valence-electron chi connectivity index (χ2n) is 5.17. The van der Waals surface area contributed by atoms with Gasteiger partial charge in [-0.1, -0.05) is 18.2 Å². The normalized spacial score (nSPS) is 21.8. The number of allylic oxidation sites excluding steroid dienone is 1. The first kappa shape index (κ1) is 16.6.